The third kappa shape index (κ3) is 3.16. The average molecular weight is 337 g/mol. The summed E-state index contributed by atoms with van der Waals surface area (Å²) >= 11 is 0. The maximum absolute atomic E-state index is 5.02. The molecule has 0 radical (unpaired) electrons. The van der Waals surface area contributed by atoms with E-state index in [2.05, 4.69) is 50.9 Å². The molecule has 0 fully saturated rings. The first-order valence-electron chi connectivity index (χ1n) is 10.2. The fraction of sp³-hybridized carbons (Fsp3) is 0.609. The predicted molar refractivity (Wildman–Crippen MR) is 106 cm³/mol. The van der Waals surface area contributed by atoms with Crippen molar-refractivity contribution in [3.63, 3.8) is 0 Å². The lowest BCUT2D eigenvalue weighted by molar-refractivity contribution is 0.474. The van der Waals surface area contributed by atoms with Gasteiger partial charge < -0.3 is 4.98 Å². The number of allylic oxidation sites excluding steroid dienone is 6. The van der Waals surface area contributed by atoms with E-state index in [0.717, 1.165) is 18.8 Å². The van der Waals surface area contributed by atoms with Gasteiger partial charge in [-0.15, -0.1) is 0 Å². The van der Waals surface area contributed by atoms with Gasteiger partial charge in [-0.05, 0) is 61.5 Å². The molecule has 2 nitrogen and oxygen atoms in total. The second kappa shape index (κ2) is 6.63. The summed E-state index contributed by atoms with van der Waals surface area (Å²) < 4.78 is 0. The van der Waals surface area contributed by atoms with Crippen LogP contribution in [0.3, 0.4) is 0 Å². The fourth-order valence-electron chi connectivity index (χ4n) is 4.78. The van der Waals surface area contributed by atoms with Gasteiger partial charge in [-0.25, -0.2) is 4.98 Å². The third-order valence-corrected chi connectivity index (χ3v) is 6.37. The van der Waals surface area contributed by atoms with Crippen LogP contribution < -0.4 is 0 Å². The molecular formula is C23H32N2. The van der Waals surface area contributed by atoms with E-state index in [1.54, 1.807) is 11.1 Å². The molecule has 25 heavy (non-hydrogen) atoms. The molecule has 1 N–H and O–H groups in total. The van der Waals surface area contributed by atoms with Crippen molar-refractivity contribution in [2.75, 3.05) is 0 Å². The molecule has 2 heteroatoms. The number of aromatic amines is 1. The fourth-order valence-corrected chi connectivity index (χ4v) is 4.78. The minimum absolute atomic E-state index is 0.469. The summed E-state index contributed by atoms with van der Waals surface area (Å²) in [7, 11) is 0. The summed E-state index contributed by atoms with van der Waals surface area (Å²) in [6, 6.07) is 0. The van der Waals surface area contributed by atoms with Crippen molar-refractivity contribution in [2.24, 2.45) is 11.8 Å². The average Bonchev–Trinajstić information content (AvgIpc) is 3.02. The van der Waals surface area contributed by atoms with E-state index < -0.39 is 0 Å². The lowest BCUT2D eigenvalue weighted by Crippen LogP contribution is -2.14. The van der Waals surface area contributed by atoms with Crippen LogP contribution in [0.1, 0.15) is 95.3 Å². The second-order valence-electron chi connectivity index (χ2n) is 8.81. The Hall–Kier alpha value is -1.57. The maximum atomic E-state index is 5.02. The Kier molecular flexibility index (Phi) is 4.47. The zero-order valence-electron chi connectivity index (χ0n) is 16.2. The first-order valence-corrected chi connectivity index (χ1v) is 10.2. The molecule has 6 aliphatic carbocycles. The van der Waals surface area contributed by atoms with Crippen LogP contribution in [0.4, 0.5) is 0 Å². The highest BCUT2D eigenvalue weighted by atomic mass is 15.0. The Labute approximate surface area is 152 Å². The zero-order valence-corrected chi connectivity index (χ0v) is 16.2. The molecule has 0 saturated carbocycles. The van der Waals surface area contributed by atoms with Crippen molar-refractivity contribution in [3.05, 3.63) is 46.6 Å². The molecule has 0 spiro atoms. The second-order valence-corrected chi connectivity index (χ2v) is 8.81. The van der Waals surface area contributed by atoms with Crippen LogP contribution in [0, 0.1) is 11.8 Å². The summed E-state index contributed by atoms with van der Waals surface area (Å²) in [6.07, 6.45) is 14.8. The van der Waals surface area contributed by atoms with Gasteiger partial charge in [-0.2, -0.15) is 0 Å². The monoisotopic (exact) mass is 336 g/mol. The lowest BCUT2D eigenvalue weighted by Gasteiger charge is -2.29. The zero-order chi connectivity index (χ0) is 17.6. The molecule has 2 atom stereocenters. The summed E-state index contributed by atoms with van der Waals surface area (Å²) in [6.45, 7) is 9.20. The van der Waals surface area contributed by atoms with Gasteiger partial charge in [0, 0.05) is 17.5 Å². The van der Waals surface area contributed by atoms with Crippen LogP contribution in [0.5, 0.6) is 0 Å². The van der Waals surface area contributed by atoms with Gasteiger partial charge in [0.05, 0.1) is 5.69 Å². The topological polar surface area (TPSA) is 28.7 Å². The SMILES string of the molecule is CC(C)C1=C2C=C[C@@H](CC[C@H]3CC=C(CC2)c2nc(C(C)C)[nH]c23)C1. The summed E-state index contributed by atoms with van der Waals surface area (Å²) in [4.78, 5) is 8.72. The largest absolute Gasteiger partial charge is 0.345 e. The van der Waals surface area contributed by atoms with E-state index in [9.17, 15) is 0 Å². The summed E-state index contributed by atoms with van der Waals surface area (Å²) in [5.41, 5.74) is 7.48. The Bertz CT molecular complexity index is 742. The van der Waals surface area contributed by atoms with Gasteiger partial charge in [0.25, 0.3) is 0 Å². The molecule has 0 aromatic carbocycles. The standard InChI is InChI=1S/C23H32N2/c1-14(2)20-13-16-5-7-17(20)9-10-19-12-11-18(8-6-16)21-22(19)25-23(24-21)15(3)4/h5,7,12,14-16,18H,6,8-11,13H2,1-4H3,(H,24,25)/t16-,18-/m0/s1. The third-order valence-electron chi connectivity index (χ3n) is 6.37. The van der Waals surface area contributed by atoms with E-state index in [1.807, 2.05) is 0 Å². The lowest BCUT2D eigenvalue weighted by atomic mass is 9.76. The van der Waals surface area contributed by atoms with Crippen molar-refractivity contribution >= 4 is 5.57 Å². The highest BCUT2D eigenvalue weighted by Gasteiger charge is 2.29. The first kappa shape index (κ1) is 16.9. The van der Waals surface area contributed by atoms with E-state index >= 15 is 0 Å². The molecule has 0 aliphatic heterocycles. The molecule has 1 heterocycles. The normalized spacial score (nSPS) is 26.1. The predicted octanol–water partition coefficient (Wildman–Crippen LogP) is 6.51. The minimum atomic E-state index is 0.469. The molecule has 0 unspecified atom stereocenters. The number of H-pyrrole nitrogens is 1. The van der Waals surface area contributed by atoms with Gasteiger partial charge in [-0.3, -0.25) is 0 Å². The van der Waals surface area contributed by atoms with Gasteiger partial charge >= 0.3 is 0 Å². The molecular weight excluding hydrogens is 304 g/mol. The van der Waals surface area contributed by atoms with E-state index in [-0.39, 0.29) is 0 Å². The molecule has 1 aromatic heterocycles. The Morgan fingerprint density at radius 1 is 1.08 bits per heavy atom. The quantitative estimate of drug-likeness (QED) is 0.655. The van der Waals surface area contributed by atoms with E-state index in [0.29, 0.717) is 17.8 Å². The van der Waals surface area contributed by atoms with Crippen molar-refractivity contribution < 1.29 is 0 Å². The Morgan fingerprint density at radius 2 is 1.92 bits per heavy atom. The molecule has 0 amide bonds. The first-order chi connectivity index (χ1) is 12.0. The van der Waals surface area contributed by atoms with Crippen molar-refractivity contribution in [1.29, 1.82) is 0 Å². The Balaban J connectivity index is 1.71. The molecule has 4 bridgehead atoms. The van der Waals surface area contributed by atoms with E-state index in [4.69, 9.17) is 4.98 Å². The van der Waals surface area contributed by atoms with Gasteiger partial charge in [-0.1, -0.05) is 51.5 Å². The van der Waals surface area contributed by atoms with Gasteiger partial charge in [0.2, 0.25) is 0 Å². The van der Waals surface area contributed by atoms with Crippen LogP contribution in [0.15, 0.2) is 29.4 Å². The number of hydrogen-bond acceptors (Lipinski definition) is 1. The molecule has 7 rings (SSSR count). The number of hydrogen-bond donors (Lipinski definition) is 1. The van der Waals surface area contributed by atoms with Crippen molar-refractivity contribution in [1.82, 2.24) is 9.97 Å². The highest BCUT2D eigenvalue weighted by Crippen LogP contribution is 2.43. The minimum Gasteiger partial charge on any atom is -0.345 e. The summed E-state index contributed by atoms with van der Waals surface area (Å²) in [5, 5.41) is 0. The number of rotatable bonds is 2. The molecule has 0 saturated heterocycles. The number of imidazole rings is 1. The smallest absolute Gasteiger partial charge is 0.109 e. The van der Waals surface area contributed by atoms with Crippen molar-refractivity contribution in [2.45, 2.75) is 78.1 Å². The van der Waals surface area contributed by atoms with E-state index in [1.165, 1.54) is 48.5 Å². The maximum Gasteiger partial charge on any atom is 0.109 e. The van der Waals surface area contributed by atoms with Gasteiger partial charge in [0.1, 0.15) is 5.82 Å². The van der Waals surface area contributed by atoms with Crippen LogP contribution in [-0.2, 0) is 0 Å². The molecule has 6 aliphatic rings. The van der Waals surface area contributed by atoms with Crippen LogP contribution in [0.25, 0.3) is 5.57 Å². The molecule has 1 aromatic rings. The highest BCUT2D eigenvalue weighted by molar-refractivity contribution is 5.68. The van der Waals surface area contributed by atoms with Crippen LogP contribution >= 0.6 is 0 Å². The van der Waals surface area contributed by atoms with Crippen LogP contribution in [0.2, 0.25) is 0 Å². The number of nitrogens with one attached hydrogen (secondary N) is 1. The molecule has 134 valence electrons. The summed E-state index contributed by atoms with van der Waals surface area (Å²) in [5.74, 6) is 3.66. The number of nitrogens with zero attached hydrogens (tertiary/aromatic N) is 1. The Morgan fingerprint density at radius 3 is 2.68 bits per heavy atom. The number of aromatic nitrogens is 2. The van der Waals surface area contributed by atoms with Crippen LogP contribution in [-0.4, -0.2) is 9.97 Å². The van der Waals surface area contributed by atoms with Crippen molar-refractivity contribution in [3.8, 4) is 0 Å². The van der Waals surface area contributed by atoms with Gasteiger partial charge in [0.15, 0.2) is 0 Å².